The Bertz CT molecular complexity index is 1410. The largest absolute Gasteiger partial charge is 0.350 e. The number of amides is 1. The average molecular weight is 482 g/mol. The fourth-order valence-electron chi connectivity index (χ4n) is 3.73. The highest BCUT2D eigenvalue weighted by atomic mass is 32.2. The first kappa shape index (κ1) is 23.9. The van der Waals surface area contributed by atoms with Gasteiger partial charge in [-0.2, -0.15) is 0 Å². The van der Waals surface area contributed by atoms with Crippen LogP contribution in [0.1, 0.15) is 50.0 Å². The monoisotopic (exact) mass is 481 g/mol. The molecule has 2 aromatic carbocycles. The highest BCUT2D eigenvalue weighted by molar-refractivity contribution is 7.98. The summed E-state index contributed by atoms with van der Waals surface area (Å²) in [5.41, 5.74) is 1.68. The molecule has 0 aliphatic carbocycles. The van der Waals surface area contributed by atoms with Gasteiger partial charge >= 0.3 is 0 Å². The van der Waals surface area contributed by atoms with Crippen LogP contribution in [0, 0.1) is 11.7 Å². The van der Waals surface area contributed by atoms with E-state index in [1.54, 1.807) is 28.8 Å². The lowest BCUT2D eigenvalue weighted by Crippen LogP contribution is -2.32. The predicted molar refractivity (Wildman–Crippen MR) is 133 cm³/mol. The van der Waals surface area contributed by atoms with Crippen LogP contribution >= 0.6 is 11.8 Å². The van der Waals surface area contributed by atoms with Gasteiger partial charge in [-0.05, 0) is 55.2 Å². The van der Waals surface area contributed by atoms with E-state index >= 15 is 0 Å². The van der Waals surface area contributed by atoms with Crippen molar-refractivity contribution >= 4 is 34.3 Å². The van der Waals surface area contributed by atoms with E-state index in [-0.39, 0.29) is 29.2 Å². The molecule has 0 aliphatic heterocycles. The molecule has 0 unspecified atom stereocenters. The van der Waals surface area contributed by atoms with Gasteiger partial charge in [0.1, 0.15) is 5.82 Å². The molecular weight excluding hydrogens is 453 g/mol. The van der Waals surface area contributed by atoms with Crippen molar-refractivity contribution in [3.63, 3.8) is 0 Å². The Labute approximate surface area is 201 Å². The summed E-state index contributed by atoms with van der Waals surface area (Å²) in [6.07, 6.45) is 0.815. The molecule has 0 fully saturated rings. The molecule has 0 aliphatic rings. The summed E-state index contributed by atoms with van der Waals surface area (Å²) in [4.78, 5) is 26.1. The number of nitrogens with zero attached hydrogens (tertiary/aromatic N) is 4. The second-order valence-electron chi connectivity index (χ2n) is 8.86. The smallest absolute Gasteiger partial charge is 0.262 e. The zero-order valence-electron chi connectivity index (χ0n) is 19.7. The van der Waals surface area contributed by atoms with Crippen molar-refractivity contribution in [1.82, 2.24) is 24.5 Å². The van der Waals surface area contributed by atoms with Crippen LogP contribution in [0.25, 0.3) is 16.7 Å². The molecule has 0 saturated carbocycles. The van der Waals surface area contributed by atoms with Crippen molar-refractivity contribution in [2.45, 2.75) is 57.6 Å². The highest BCUT2D eigenvalue weighted by Crippen LogP contribution is 2.26. The summed E-state index contributed by atoms with van der Waals surface area (Å²) in [5.74, 6) is 0.639. The molecular formula is C25H28FN5O2S. The van der Waals surface area contributed by atoms with E-state index < -0.39 is 0 Å². The minimum absolute atomic E-state index is 0.0366. The first-order chi connectivity index (χ1) is 16.3. The molecule has 34 heavy (non-hydrogen) atoms. The summed E-state index contributed by atoms with van der Waals surface area (Å²) in [6.45, 7) is 8.51. The number of thioether (sulfide) groups is 1. The minimum atomic E-state index is -0.294. The Morgan fingerprint density at radius 1 is 1.15 bits per heavy atom. The number of aromatic nitrogens is 4. The molecule has 0 spiro atoms. The summed E-state index contributed by atoms with van der Waals surface area (Å²) in [7, 11) is 0. The molecule has 0 bridgehead atoms. The average Bonchev–Trinajstić information content (AvgIpc) is 3.24. The summed E-state index contributed by atoms with van der Waals surface area (Å²) in [5, 5.41) is 12.7. The van der Waals surface area contributed by atoms with Gasteiger partial charge in [-0.25, -0.2) is 4.39 Å². The van der Waals surface area contributed by atoms with E-state index in [1.807, 2.05) is 38.2 Å². The van der Waals surface area contributed by atoms with Crippen molar-refractivity contribution in [3.8, 4) is 0 Å². The van der Waals surface area contributed by atoms with Crippen LogP contribution in [-0.2, 0) is 12.3 Å². The normalized spacial score (nSPS) is 12.5. The molecule has 0 radical (unpaired) electrons. The molecule has 2 heterocycles. The van der Waals surface area contributed by atoms with Crippen LogP contribution in [0.3, 0.4) is 0 Å². The summed E-state index contributed by atoms with van der Waals surface area (Å²) in [6, 6.07) is 11.5. The first-order valence-corrected chi connectivity index (χ1v) is 12.4. The van der Waals surface area contributed by atoms with Crippen molar-refractivity contribution < 1.29 is 9.18 Å². The van der Waals surface area contributed by atoms with Gasteiger partial charge in [-0.15, -0.1) is 10.2 Å². The second-order valence-corrected chi connectivity index (χ2v) is 9.80. The third-order valence-electron chi connectivity index (χ3n) is 5.63. The molecule has 1 amide bonds. The highest BCUT2D eigenvalue weighted by Gasteiger charge is 2.19. The lowest BCUT2D eigenvalue weighted by Gasteiger charge is -2.15. The second kappa shape index (κ2) is 9.97. The Kier molecular flexibility index (Phi) is 7.02. The van der Waals surface area contributed by atoms with Crippen molar-refractivity contribution in [1.29, 1.82) is 0 Å². The molecule has 1 atom stereocenters. The van der Waals surface area contributed by atoms with Gasteiger partial charge in [0.25, 0.3) is 11.5 Å². The number of hydrogen-bond donors (Lipinski definition) is 1. The van der Waals surface area contributed by atoms with Gasteiger partial charge in [0.05, 0.1) is 10.9 Å². The van der Waals surface area contributed by atoms with E-state index in [1.165, 1.54) is 23.9 Å². The van der Waals surface area contributed by atoms with Gasteiger partial charge in [0.15, 0.2) is 5.16 Å². The number of hydrogen-bond acceptors (Lipinski definition) is 5. The van der Waals surface area contributed by atoms with Gasteiger partial charge in [0.2, 0.25) is 5.78 Å². The predicted octanol–water partition coefficient (Wildman–Crippen LogP) is 4.66. The Hall–Kier alpha value is -3.20. The van der Waals surface area contributed by atoms with E-state index in [0.717, 1.165) is 12.0 Å². The van der Waals surface area contributed by atoms with Crippen LogP contribution in [0.2, 0.25) is 0 Å². The Morgan fingerprint density at radius 3 is 2.65 bits per heavy atom. The van der Waals surface area contributed by atoms with Crippen LogP contribution in [0.5, 0.6) is 0 Å². The standard InChI is InChI=1S/C25H28FN5O2S/c1-5-16(4)27-22(32)18-9-10-20-21(12-18)31-24(30(23(20)33)13-15(2)3)28-29-25(31)34-14-17-7-6-8-19(26)11-17/h6-12,15-16H,5,13-14H2,1-4H3,(H,27,32)/t16-/m1/s1. The van der Waals surface area contributed by atoms with Gasteiger partial charge in [-0.1, -0.05) is 44.7 Å². The fourth-order valence-corrected chi connectivity index (χ4v) is 4.61. The lowest BCUT2D eigenvalue weighted by atomic mass is 10.1. The number of benzene rings is 2. The fraction of sp³-hybridized carbons (Fsp3) is 0.360. The van der Waals surface area contributed by atoms with Crippen molar-refractivity contribution in [2.24, 2.45) is 5.92 Å². The molecule has 1 N–H and O–H groups in total. The molecule has 9 heteroatoms. The van der Waals surface area contributed by atoms with Crippen LogP contribution in [-0.4, -0.2) is 31.1 Å². The van der Waals surface area contributed by atoms with E-state index in [4.69, 9.17) is 0 Å². The van der Waals surface area contributed by atoms with Gasteiger partial charge in [-0.3, -0.25) is 18.6 Å². The molecule has 4 aromatic rings. The Morgan fingerprint density at radius 2 is 1.94 bits per heavy atom. The maximum atomic E-state index is 13.6. The number of carbonyl (C=O) groups is 1. The van der Waals surface area contributed by atoms with E-state index in [0.29, 0.717) is 39.7 Å². The first-order valence-electron chi connectivity index (χ1n) is 11.4. The van der Waals surface area contributed by atoms with E-state index in [2.05, 4.69) is 15.5 Å². The van der Waals surface area contributed by atoms with Crippen molar-refractivity contribution in [2.75, 3.05) is 0 Å². The molecule has 2 aromatic heterocycles. The third-order valence-corrected chi connectivity index (χ3v) is 6.63. The lowest BCUT2D eigenvalue weighted by molar-refractivity contribution is 0.0939. The quantitative estimate of drug-likeness (QED) is 0.370. The van der Waals surface area contributed by atoms with E-state index in [9.17, 15) is 14.0 Å². The molecule has 7 nitrogen and oxygen atoms in total. The third kappa shape index (κ3) is 4.84. The van der Waals surface area contributed by atoms with Crippen LogP contribution in [0.15, 0.2) is 52.4 Å². The number of nitrogens with one attached hydrogen (secondary N) is 1. The summed E-state index contributed by atoms with van der Waals surface area (Å²) >= 11 is 1.40. The zero-order valence-corrected chi connectivity index (χ0v) is 20.5. The Balaban J connectivity index is 1.86. The zero-order chi connectivity index (χ0) is 24.4. The van der Waals surface area contributed by atoms with Crippen molar-refractivity contribution in [3.05, 3.63) is 69.8 Å². The molecule has 178 valence electrons. The molecule has 4 rings (SSSR count). The van der Waals surface area contributed by atoms with Crippen LogP contribution < -0.4 is 10.9 Å². The minimum Gasteiger partial charge on any atom is -0.350 e. The SMILES string of the molecule is CC[C@@H](C)NC(=O)c1ccc2c(=O)n(CC(C)C)c3nnc(SCc4cccc(F)c4)n3c2c1. The van der Waals surface area contributed by atoms with Gasteiger partial charge in [0, 0.05) is 23.9 Å². The number of fused-ring (bicyclic) bond motifs is 3. The number of rotatable bonds is 8. The summed E-state index contributed by atoms with van der Waals surface area (Å²) < 4.78 is 17.1. The number of carbonyl (C=O) groups excluding carboxylic acids is 1. The van der Waals surface area contributed by atoms with Crippen LogP contribution in [0.4, 0.5) is 4.39 Å². The van der Waals surface area contributed by atoms with Gasteiger partial charge < -0.3 is 5.32 Å². The maximum Gasteiger partial charge on any atom is 0.262 e. The number of halogens is 1. The topological polar surface area (TPSA) is 81.3 Å². The maximum absolute atomic E-state index is 13.6. The molecule has 0 saturated heterocycles.